The molecule has 0 aliphatic carbocycles. The highest BCUT2D eigenvalue weighted by Gasteiger charge is 2.08. The number of amides is 1. The van der Waals surface area contributed by atoms with E-state index in [9.17, 15) is 4.79 Å². The van der Waals surface area contributed by atoms with Crippen LogP contribution in [0.3, 0.4) is 0 Å². The molecule has 0 saturated carbocycles. The first-order valence-electron chi connectivity index (χ1n) is 5.92. The van der Waals surface area contributed by atoms with E-state index in [1.807, 2.05) is 13.2 Å². The summed E-state index contributed by atoms with van der Waals surface area (Å²) < 4.78 is 0. The number of benzene rings is 1. The molecule has 1 unspecified atom stereocenters. The van der Waals surface area contributed by atoms with Crippen LogP contribution in [0.2, 0.25) is 0 Å². The van der Waals surface area contributed by atoms with Crippen molar-refractivity contribution in [2.24, 2.45) is 10.9 Å². The van der Waals surface area contributed by atoms with Gasteiger partial charge in [0.15, 0.2) is 5.84 Å². The van der Waals surface area contributed by atoms with E-state index in [-0.39, 0.29) is 17.8 Å². The molecule has 0 radical (unpaired) electrons. The number of thioether (sulfide) groups is 1. The minimum absolute atomic E-state index is 0.00176. The number of carbonyl (C=O) groups is 1. The van der Waals surface area contributed by atoms with Crippen LogP contribution in [0.5, 0.6) is 0 Å². The highest BCUT2D eigenvalue weighted by molar-refractivity contribution is 7.98. The first kappa shape index (κ1) is 15.4. The summed E-state index contributed by atoms with van der Waals surface area (Å²) in [5, 5.41) is 14.4. The van der Waals surface area contributed by atoms with Gasteiger partial charge >= 0.3 is 0 Å². The maximum atomic E-state index is 11.8. The summed E-state index contributed by atoms with van der Waals surface area (Å²) in [6.45, 7) is 1.98. The van der Waals surface area contributed by atoms with Gasteiger partial charge in [-0.2, -0.15) is 11.8 Å². The van der Waals surface area contributed by atoms with Crippen LogP contribution in [-0.4, -0.2) is 35.0 Å². The number of nitrogens with two attached hydrogens (primary N) is 1. The lowest BCUT2D eigenvalue weighted by atomic mass is 10.1. The third-order valence-electron chi connectivity index (χ3n) is 2.55. The van der Waals surface area contributed by atoms with Crippen LogP contribution in [0.1, 0.15) is 18.1 Å². The Bertz CT molecular complexity index is 446. The van der Waals surface area contributed by atoms with E-state index in [1.165, 1.54) is 0 Å². The molecule has 0 aliphatic heterocycles. The lowest BCUT2D eigenvalue weighted by Gasteiger charge is -2.12. The van der Waals surface area contributed by atoms with Gasteiger partial charge in [-0.3, -0.25) is 4.79 Å². The number of oxime groups is 1. The second-order valence-corrected chi connectivity index (χ2v) is 5.19. The number of hydrogen-bond donors (Lipinski definition) is 3. The molecule has 0 bridgehead atoms. The smallest absolute Gasteiger partial charge is 0.224 e. The second kappa shape index (κ2) is 7.68. The number of carbonyl (C=O) groups excluding carboxylic acids is 1. The van der Waals surface area contributed by atoms with Crippen LogP contribution in [0.25, 0.3) is 0 Å². The van der Waals surface area contributed by atoms with Crippen LogP contribution in [-0.2, 0) is 11.2 Å². The van der Waals surface area contributed by atoms with Crippen LogP contribution < -0.4 is 11.1 Å². The summed E-state index contributed by atoms with van der Waals surface area (Å²) in [6.07, 6.45) is 2.34. The molecule has 0 aromatic heterocycles. The highest BCUT2D eigenvalue weighted by Crippen LogP contribution is 2.05. The van der Waals surface area contributed by atoms with Gasteiger partial charge in [0.1, 0.15) is 0 Å². The van der Waals surface area contributed by atoms with Crippen molar-refractivity contribution in [1.29, 1.82) is 0 Å². The van der Waals surface area contributed by atoms with Crippen LogP contribution in [0, 0.1) is 0 Å². The molecule has 5 nitrogen and oxygen atoms in total. The number of nitrogens with zero attached hydrogens (tertiary/aromatic N) is 1. The average molecular weight is 281 g/mol. The summed E-state index contributed by atoms with van der Waals surface area (Å²) in [6, 6.07) is 7.21. The quantitative estimate of drug-likeness (QED) is 0.316. The highest BCUT2D eigenvalue weighted by atomic mass is 32.2. The number of hydrogen-bond acceptors (Lipinski definition) is 4. The van der Waals surface area contributed by atoms with Gasteiger partial charge in [-0.1, -0.05) is 29.4 Å². The van der Waals surface area contributed by atoms with Crippen molar-refractivity contribution in [1.82, 2.24) is 5.32 Å². The molecule has 19 heavy (non-hydrogen) atoms. The second-order valence-electron chi connectivity index (χ2n) is 4.28. The molecule has 6 heteroatoms. The fourth-order valence-electron chi connectivity index (χ4n) is 1.65. The topological polar surface area (TPSA) is 87.7 Å². The van der Waals surface area contributed by atoms with Crippen molar-refractivity contribution in [3.63, 3.8) is 0 Å². The zero-order valence-corrected chi connectivity index (χ0v) is 11.9. The first-order valence-corrected chi connectivity index (χ1v) is 7.31. The van der Waals surface area contributed by atoms with Crippen molar-refractivity contribution < 1.29 is 10.0 Å². The van der Waals surface area contributed by atoms with E-state index in [4.69, 9.17) is 10.9 Å². The van der Waals surface area contributed by atoms with E-state index >= 15 is 0 Å². The molecule has 1 atom stereocenters. The monoisotopic (exact) mass is 281 g/mol. The van der Waals surface area contributed by atoms with Gasteiger partial charge in [-0.05, 0) is 18.7 Å². The van der Waals surface area contributed by atoms with Gasteiger partial charge < -0.3 is 16.3 Å². The maximum Gasteiger partial charge on any atom is 0.224 e. The normalized spacial score (nSPS) is 13.1. The molecule has 0 aliphatic rings. The SMILES string of the molecule is CSCC(C)NC(=O)Cc1ccc(/C(N)=N/O)cc1. The summed E-state index contributed by atoms with van der Waals surface area (Å²) in [7, 11) is 0. The third kappa shape index (κ3) is 5.21. The molecular weight excluding hydrogens is 262 g/mol. The molecule has 1 rings (SSSR count). The van der Waals surface area contributed by atoms with Crippen LogP contribution >= 0.6 is 11.8 Å². The Morgan fingerprint density at radius 3 is 2.63 bits per heavy atom. The van der Waals surface area contributed by atoms with Gasteiger partial charge in [0.05, 0.1) is 6.42 Å². The molecule has 1 aromatic rings. The summed E-state index contributed by atoms with van der Waals surface area (Å²) >= 11 is 1.70. The Hall–Kier alpha value is -1.69. The zero-order chi connectivity index (χ0) is 14.3. The molecule has 104 valence electrons. The molecule has 4 N–H and O–H groups in total. The molecule has 1 aromatic carbocycles. The van der Waals surface area contributed by atoms with Gasteiger partial charge in [0.2, 0.25) is 5.91 Å². The molecular formula is C13H19N3O2S. The molecule has 0 heterocycles. The van der Waals surface area contributed by atoms with Gasteiger partial charge in [-0.25, -0.2) is 0 Å². The standard InChI is InChI=1S/C13H19N3O2S/c1-9(8-19-2)15-12(17)7-10-3-5-11(6-4-10)13(14)16-18/h3-6,9,18H,7-8H2,1-2H3,(H2,14,16)(H,15,17). The Labute approximate surface area is 117 Å². The fraction of sp³-hybridized carbons (Fsp3) is 0.385. The fourth-order valence-corrected chi connectivity index (χ4v) is 2.24. The lowest BCUT2D eigenvalue weighted by Crippen LogP contribution is -2.35. The van der Waals surface area contributed by atoms with Gasteiger partial charge in [-0.15, -0.1) is 0 Å². The molecule has 0 spiro atoms. The number of amidine groups is 1. The summed E-state index contributed by atoms with van der Waals surface area (Å²) in [5.74, 6) is 0.955. The maximum absolute atomic E-state index is 11.8. The predicted octanol–water partition coefficient (Wildman–Crippen LogP) is 1.19. The summed E-state index contributed by atoms with van der Waals surface area (Å²) in [4.78, 5) is 11.8. The minimum atomic E-state index is -0.00176. The zero-order valence-electron chi connectivity index (χ0n) is 11.1. The first-order chi connectivity index (χ1) is 9.06. The summed E-state index contributed by atoms with van der Waals surface area (Å²) in [5.41, 5.74) is 6.98. The van der Waals surface area contributed by atoms with Crippen molar-refractivity contribution in [3.05, 3.63) is 35.4 Å². The van der Waals surface area contributed by atoms with Gasteiger partial charge in [0, 0.05) is 17.4 Å². The van der Waals surface area contributed by atoms with E-state index in [1.54, 1.807) is 36.0 Å². The van der Waals surface area contributed by atoms with Gasteiger partial charge in [0.25, 0.3) is 0 Å². The van der Waals surface area contributed by atoms with Crippen LogP contribution in [0.4, 0.5) is 0 Å². The Morgan fingerprint density at radius 2 is 2.11 bits per heavy atom. The average Bonchev–Trinajstić information content (AvgIpc) is 2.38. The van der Waals surface area contributed by atoms with E-state index < -0.39 is 0 Å². The lowest BCUT2D eigenvalue weighted by molar-refractivity contribution is -0.120. The Morgan fingerprint density at radius 1 is 1.47 bits per heavy atom. The predicted molar refractivity (Wildman–Crippen MR) is 78.6 cm³/mol. The van der Waals surface area contributed by atoms with E-state index in [0.29, 0.717) is 12.0 Å². The van der Waals surface area contributed by atoms with E-state index in [2.05, 4.69) is 10.5 Å². The van der Waals surface area contributed by atoms with Crippen molar-refractivity contribution in [2.75, 3.05) is 12.0 Å². The third-order valence-corrected chi connectivity index (χ3v) is 3.38. The Kier molecular flexibility index (Phi) is 6.21. The number of rotatable bonds is 6. The Balaban J connectivity index is 2.56. The van der Waals surface area contributed by atoms with Crippen LogP contribution in [0.15, 0.2) is 29.4 Å². The number of nitrogens with one attached hydrogen (secondary N) is 1. The van der Waals surface area contributed by atoms with Crippen molar-refractivity contribution in [2.45, 2.75) is 19.4 Å². The van der Waals surface area contributed by atoms with Crippen molar-refractivity contribution in [3.8, 4) is 0 Å². The largest absolute Gasteiger partial charge is 0.409 e. The molecule has 1 amide bonds. The van der Waals surface area contributed by atoms with Crippen molar-refractivity contribution >= 4 is 23.5 Å². The molecule has 0 fully saturated rings. The molecule has 0 saturated heterocycles. The minimum Gasteiger partial charge on any atom is -0.409 e. The van der Waals surface area contributed by atoms with E-state index in [0.717, 1.165) is 11.3 Å².